The molecular weight excluding hydrogens is 250 g/mol. The predicted octanol–water partition coefficient (Wildman–Crippen LogP) is 3.28. The fraction of sp³-hybridized carbons (Fsp3) is 0.235. The average molecular weight is 269 g/mol. The van der Waals surface area contributed by atoms with Gasteiger partial charge in [-0.15, -0.1) is 0 Å². The van der Waals surface area contributed by atoms with Gasteiger partial charge in [0.1, 0.15) is 0 Å². The van der Waals surface area contributed by atoms with Crippen molar-refractivity contribution in [2.24, 2.45) is 0 Å². The highest BCUT2D eigenvalue weighted by Gasteiger charge is 2.17. The van der Waals surface area contributed by atoms with E-state index in [4.69, 9.17) is 0 Å². The second-order valence-corrected chi connectivity index (χ2v) is 5.18. The van der Waals surface area contributed by atoms with Crippen LogP contribution in [0.25, 0.3) is 0 Å². The van der Waals surface area contributed by atoms with E-state index in [1.54, 1.807) is 12.1 Å². The summed E-state index contributed by atoms with van der Waals surface area (Å²) in [6.45, 7) is 5.91. The first kappa shape index (κ1) is 14.3. The molecule has 0 saturated heterocycles. The first-order valence-corrected chi connectivity index (χ1v) is 6.59. The van der Waals surface area contributed by atoms with Crippen LogP contribution in [0.4, 0.5) is 5.69 Å². The van der Waals surface area contributed by atoms with Crippen molar-refractivity contribution < 1.29 is 9.90 Å². The van der Waals surface area contributed by atoms with Gasteiger partial charge in [0.25, 0.3) is 5.91 Å². The number of rotatable bonds is 3. The van der Waals surface area contributed by atoms with E-state index >= 15 is 0 Å². The second-order valence-electron chi connectivity index (χ2n) is 5.18. The fourth-order valence-electron chi connectivity index (χ4n) is 2.16. The Morgan fingerprint density at radius 3 is 2.05 bits per heavy atom. The van der Waals surface area contributed by atoms with Gasteiger partial charge in [0.15, 0.2) is 6.10 Å². The summed E-state index contributed by atoms with van der Waals surface area (Å²) in [4.78, 5) is 12.1. The molecule has 0 spiro atoms. The first-order valence-electron chi connectivity index (χ1n) is 6.59. The molecule has 0 aliphatic heterocycles. The summed E-state index contributed by atoms with van der Waals surface area (Å²) in [5.74, 6) is -0.418. The van der Waals surface area contributed by atoms with E-state index in [1.807, 2.05) is 51.1 Å². The molecule has 0 saturated carbocycles. The van der Waals surface area contributed by atoms with Gasteiger partial charge in [-0.1, -0.05) is 35.9 Å². The number of anilines is 1. The number of carbonyl (C=O) groups is 1. The zero-order valence-electron chi connectivity index (χ0n) is 12.0. The molecule has 2 aromatic rings. The molecule has 1 amide bonds. The molecule has 3 nitrogen and oxygen atoms in total. The molecule has 2 N–H and O–H groups in total. The highest BCUT2D eigenvalue weighted by Crippen LogP contribution is 2.18. The van der Waals surface area contributed by atoms with Crippen LogP contribution in [0.5, 0.6) is 0 Å². The lowest BCUT2D eigenvalue weighted by atomic mass is 10.1. The van der Waals surface area contributed by atoms with E-state index in [0.29, 0.717) is 11.3 Å². The molecule has 0 aliphatic rings. The minimum absolute atomic E-state index is 0.418. The number of aliphatic hydroxyl groups excluding tert-OH is 1. The largest absolute Gasteiger partial charge is 0.378 e. The minimum Gasteiger partial charge on any atom is -0.378 e. The van der Waals surface area contributed by atoms with Crippen molar-refractivity contribution in [1.29, 1.82) is 0 Å². The maximum absolute atomic E-state index is 12.1. The fourth-order valence-corrected chi connectivity index (χ4v) is 2.16. The Morgan fingerprint density at radius 1 is 0.950 bits per heavy atom. The van der Waals surface area contributed by atoms with Gasteiger partial charge in [0.2, 0.25) is 0 Å². The van der Waals surface area contributed by atoms with Crippen molar-refractivity contribution in [3.63, 3.8) is 0 Å². The van der Waals surface area contributed by atoms with Gasteiger partial charge in [-0.3, -0.25) is 4.79 Å². The van der Waals surface area contributed by atoms with E-state index in [1.165, 1.54) is 0 Å². The zero-order chi connectivity index (χ0) is 14.7. The first-order chi connectivity index (χ1) is 9.45. The lowest BCUT2D eigenvalue weighted by Gasteiger charge is -2.13. The number of nitrogens with one attached hydrogen (secondary N) is 1. The number of benzene rings is 2. The van der Waals surface area contributed by atoms with Crippen molar-refractivity contribution in [2.45, 2.75) is 26.9 Å². The molecule has 1 unspecified atom stereocenters. The summed E-state index contributed by atoms with van der Waals surface area (Å²) in [5, 5.41) is 12.8. The standard InChI is InChI=1S/C17H19NO2/c1-11-4-6-14(7-5-11)16(19)17(20)18-15-9-12(2)8-13(3)10-15/h4-10,16,19H,1-3H3,(H,18,20). The van der Waals surface area contributed by atoms with Crippen LogP contribution in [-0.4, -0.2) is 11.0 Å². The molecule has 1 atom stereocenters. The number of hydrogen-bond acceptors (Lipinski definition) is 2. The number of aliphatic hydroxyl groups is 1. The normalized spacial score (nSPS) is 12.0. The molecular formula is C17H19NO2. The van der Waals surface area contributed by atoms with Crippen molar-refractivity contribution >= 4 is 11.6 Å². The second kappa shape index (κ2) is 5.88. The Hall–Kier alpha value is -2.13. The van der Waals surface area contributed by atoms with Crippen LogP contribution in [-0.2, 0) is 4.79 Å². The predicted molar refractivity (Wildman–Crippen MR) is 80.7 cm³/mol. The molecule has 0 bridgehead atoms. The van der Waals surface area contributed by atoms with Gasteiger partial charge >= 0.3 is 0 Å². The van der Waals surface area contributed by atoms with Crippen molar-refractivity contribution in [1.82, 2.24) is 0 Å². The van der Waals surface area contributed by atoms with Gasteiger partial charge in [-0.2, -0.15) is 0 Å². The average Bonchev–Trinajstić information content (AvgIpc) is 2.37. The van der Waals surface area contributed by atoms with Gasteiger partial charge in [-0.05, 0) is 49.6 Å². The topological polar surface area (TPSA) is 49.3 Å². The van der Waals surface area contributed by atoms with Gasteiger partial charge < -0.3 is 10.4 Å². The van der Waals surface area contributed by atoms with E-state index in [9.17, 15) is 9.90 Å². The minimum atomic E-state index is -1.16. The monoisotopic (exact) mass is 269 g/mol. The summed E-state index contributed by atoms with van der Waals surface area (Å²) < 4.78 is 0. The molecule has 0 aliphatic carbocycles. The molecule has 2 rings (SSSR count). The molecule has 20 heavy (non-hydrogen) atoms. The number of carbonyl (C=O) groups excluding carboxylic acids is 1. The third kappa shape index (κ3) is 3.45. The summed E-state index contributed by atoms with van der Waals surface area (Å²) in [6.07, 6.45) is -1.16. The quantitative estimate of drug-likeness (QED) is 0.898. The maximum Gasteiger partial charge on any atom is 0.257 e. The maximum atomic E-state index is 12.1. The van der Waals surface area contributed by atoms with Crippen LogP contribution in [0, 0.1) is 20.8 Å². The third-order valence-corrected chi connectivity index (χ3v) is 3.13. The van der Waals surface area contributed by atoms with E-state index < -0.39 is 12.0 Å². The molecule has 0 aromatic heterocycles. The lowest BCUT2D eigenvalue weighted by Crippen LogP contribution is -2.20. The van der Waals surface area contributed by atoms with Crippen LogP contribution < -0.4 is 5.32 Å². The van der Waals surface area contributed by atoms with Crippen LogP contribution >= 0.6 is 0 Å². The Kier molecular flexibility index (Phi) is 4.20. The van der Waals surface area contributed by atoms with E-state index in [0.717, 1.165) is 16.7 Å². The third-order valence-electron chi connectivity index (χ3n) is 3.13. The van der Waals surface area contributed by atoms with Crippen LogP contribution in [0.2, 0.25) is 0 Å². The summed E-state index contributed by atoms with van der Waals surface area (Å²) >= 11 is 0. The molecule has 2 aromatic carbocycles. The summed E-state index contributed by atoms with van der Waals surface area (Å²) in [7, 11) is 0. The summed E-state index contributed by atoms with van der Waals surface area (Å²) in [5.41, 5.74) is 4.54. The Labute approximate surface area is 119 Å². The van der Waals surface area contributed by atoms with Crippen LogP contribution in [0.15, 0.2) is 42.5 Å². The van der Waals surface area contributed by atoms with Crippen molar-refractivity contribution in [3.8, 4) is 0 Å². The van der Waals surface area contributed by atoms with Crippen molar-refractivity contribution in [3.05, 3.63) is 64.7 Å². The Morgan fingerprint density at radius 2 is 1.50 bits per heavy atom. The van der Waals surface area contributed by atoms with Gasteiger partial charge in [0, 0.05) is 5.69 Å². The highest BCUT2D eigenvalue weighted by atomic mass is 16.3. The van der Waals surface area contributed by atoms with Crippen LogP contribution in [0.1, 0.15) is 28.4 Å². The van der Waals surface area contributed by atoms with Gasteiger partial charge in [0.05, 0.1) is 0 Å². The number of aryl methyl sites for hydroxylation is 3. The van der Waals surface area contributed by atoms with Gasteiger partial charge in [-0.25, -0.2) is 0 Å². The Bertz CT molecular complexity index is 597. The smallest absolute Gasteiger partial charge is 0.257 e. The number of amides is 1. The molecule has 3 heteroatoms. The molecule has 0 radical (unpaired) electrons. The van der Waals surface area contributed by atoms with E-state index in [2.05, 4.69) is 5.32 Å². The molecule has 0 fully saturated rings. The molecule has 0 heterocycles. The highest BCUT2D eigenvalue weighted by molar-refractivity contribution is 5.94. The lowest BCUT2D eigenvalue weighted by molar-refractivity contribution is -0.124. The van der Waals surface area contributed by atoms with Crippen molar-refractivity contribution in [2.75, 3.05) is 5.32 Å². The van der Waals surface area contributed by atoms with E-state index in [-0.39, 0.29) is 0 Å². The zero-order valence-corrected chi connectivity index (χ0v) is 12.0. The van der Waals surface area contributed by atoms with Crippen LogP contribution in [0.3, 0.4) is 0 Å². The Balaban J connectivity index is 2.13. The SMILES string of the molecule is Cc1ccc(C(O)C(=O)Nc2cc(C)cc(C)c2)cc1. The summed E-state index contributed by atoms with van der Waals surface area (Å²) in [6, 6.07) is 13.1. The number of hydrogen-bond donors (Lipinski definition) is 2. The molecule has 104 valence electrons.